The maximum Gasteiger partial charge on any atom is 0.474 e. The van der Waals surface area contributed by atoms with Crippen LogP contribution >= 0.6 is 7.82 Å². The average Bonchev–Trinajstić information content (AvgIpc) is 2.76. The third-order valence-electron chi connectivity index (χ3n) is 4.27. The molecule has 31 heavy (non-hydrogen) atoms. The third-order valence-corrected chi connectivity index (χ3v) is 5.84. The molecule has 0 aliphatic heterocycles. The van der Waals surface area contributed by atoms with E-state index in [4.69, 9.17) is 32.5 Å². The fourth-order valence-corrected chi connectivity index (χ4v) is 3.73. The van der Waals surface area contributed by atoms with E-state index in [2.05, 4.69) is 13.8 Å². The van der Waals surface area contributed by atoms with Crippen LogP contribution in [-0.4, -0.2) is 72.7 Å². The lowest BCUT2D eigenvalue weighted by Crippen LogP contribution is -2.12. The fourth-order valence-electron chi connectivity index (χ4n) is 2.59. The molecule has 0 heterocycles. The van der Waals surface area contributed by atoms with E-state index < -0.39 is 7.82 Å². The fraction of sp³-hybridized carbons (Fsp3) is 1.00. The highest BCUT2D eigenvalue weighted by atomic mass is 31.2. The molecule has 0 aromatic heterocycles. The standard InChI is InChI=1S/C22H47O8P/c1-4-7-9-11-13-24-15-17-26-19-21-29-31(23,28-6-3)30-22-20-27-18-16-25-14-12-10-8-5-2/h4-22H2,1-3H3. The summed E-state index contributed by atoms with van der Waals surface area (Å²) in [5, 5.41) is 0. The van der Waals surface area contributed by atoms with Crippen molar-refractivity contribution in [3.05, 3.63) is 0 Å². The molecule has 0 fully saturated rings. The minimum Gasteiger partial charge on any atom is -0.379 e. The zero-order valence-corrected chi connectivity index (χ0v) is 21.0. The van der Waals surface area contributed by atoms with E-state index in [-0.39, 0.29) is 19.8 Å². The van der Waals surface area contributed by atoms with Crippen LogP contribution in [-0.2, 0) is 37.1 Å². The first-order chi connectivity index (χ1) is 15.2. The van der Waals surface area contributed by atoms with Gasteiger partial charge in [-0.15, -0.1) is 0 Å². The quantitative estimate of drug-likeness (QED) is 0.123. The van der Waals surface area contributed by atoms with Crippen LogP contribution in [0.15, 0.2) is 0 Å². The largest absolute Gasteiger partial charge is 0.474 e. The topological polar surface area (TPSA) is 81.7 Å². The summed E-state index contributed by atoms with van der Waals surface area (Å²) in [6, 6.07) is 0. The van der Waals surface area contributed by atoms with Crippen molar-refractivity contribution in [1.82, 2.24) is 0 Å². The van der Waals surface area contributed by atoms with Crippen LogP contribution < -0.4 is 0 Å². The molecular weight excluding hydrogens is 423 g/mol. The summed E-state index contributed by atoms with van der Waals surface area (Å²) in [5.74, 6) is 0. The van der Waals surface area contributed by atoms with Gasteiger partial charge in [-0.1, -0.05) is 52.4 Å². The Labute approximate surface area is 190 Å². The van der Waals surface area contributed by atoms with Crippen LogP contribution in [0.3, 0.4) is 0 Å². The van der Waals surface area contributed by atoms with Gasteiger partial charge in [0.2, 0.25) is 0 Å². The number of phosphoric ester groups is 1. The summed E-state index contributed by atoms with van der Waals surface area (Å²) < 4.78 is 50.1. The zero-order valence-electron chi connectivity index (χ0n) is 20.1. The van der Waals surface area contributed by atoms with E-state index in [1.165, 1.54) is 38.5 Å². The molecule has 0 atom stereocenters. The van der Waals surface area contributed by atoms with Gasteiger partial charge in [0, 0.05) is 13.2 Å². The molecule has 188 valence electrons. The smallest absolute Gasteiger partial charge is 0.379 e. The lowest BCUT2D eigenvalue weighted by Gasteiger charge is -2.17. The van der Waals surface area contributed by atoms with Crippen molar-refractivity contribution in [1.29, 1.82) is 0 Å². The molecule has 0 aromatic rings. The van der Waals surface area contributed by atoms with Gasteiger partial charge in [-0.2, -0.15) is 0 Å². The number of unbranched alkanes of at least 4 members (excludes halogenated alkanes) is 6. The average molecular weight is 471 g/mol. The Morgan fingerprint density at radius 2 is 0.839 bits per heavy atom. The van der Waals surface area contributed by atoms with Crippen molar-refractivity contribution in [2.75, 3.05) is 72.7 Å². The lowest BCUT2D eigenvalue weighted by atomic mass is 10.2. The van der Waals surface area contributed by atoms with E-state index in [0.717, 1.165) is 26.1 Å². The highest BCUT2D eigenvalue weighted by Gasteiger charge is 2.25. The van der Waals surface area contributed by atoms with E-state index in [0.29, 0.717) is 39.6 Å². The van der Waals surface area contributed by atoms with Crippen LogP contribution in [0.1, 0.15) is 72.1 Å². The Balaban J connectivity index is 3.59. The molecule has 0 unspecified atom stereocenters. The summed E-state index contributed by atoms with van der Waals surface area (Å²) in [6.45, 7) is 10.8. The SMILES string of the molecule is CCCCCCOCCOCCOP(=O)(OCC)OCCOCCOCCCCCC. The molecular formula is C22H47O8P. The maximum atomic E-state index is 12.5. The van der Waals surface area contributed by atoms with Gasteiger partial charge in [0.05, 0.1) is 59.5 Å². The van der Waals surface area contributed by atoms with Gasteiger partial charge in [0.25, 0.3) is 0 Å². The predicted molar refractivity (Wildman–Crippen MR) is 123 cm³/mol. The number of hydrogen-bond acceptors (Lipinski definition) is 8. The first-order valence-electron chi connectivity index (χ1n) is 12.0. The molecule has 0 amide bonds. The highest BCUT2D eigenvalue weighted by Crippen LogP contribution is 2.49. The van der Waals surface area contributed by atoms with Crippen LogP contribution in [0, 0.1) is 0 Å². The number of rotatable bonds is 26. The molecule has 0 aromatic carbocycles. The summed E-state index contributed by atoms with van der Waals surface area (Å²) in [6.07, 6.45) is 9.52. The maximum absolute atomic E-state index is 12.5. The van der Waals surface area contributed by atoms with Crippen molar-refractivity contribution in [2.45, 2.75) is 72.1 Å². The molecule has 0 aliphatic rings. The van der Waals surface area contributed by atoms with E-state index >= 15 is 0 Å². The number of hydrogen-bond donors (Lipinski definition) is 0. The highest BCUT2D eigenvalue weighted by molar-refractivity contribution is 7.48. The Hall–Kier alpha value is -0.0500. The number of phosphoric acid groups is 1. The summed E-state index contributed by atoms with van der Waals surface area (Å²) in [4.78, 5) is 0. The number of ether oxygens (including phenoxy) is 4. The van der Waals surface area contributed by atoms with Gasteiger partial charge in [0.15, 0.2) is 0 Å². The van der Waals surface area contributed by atoms with Gasteiger partial charge in [-0.3, -0.25) is 13.6 Å². The molecule has 8 nitrogen and oxygen atoms in total. The monoisotopic (exact) mass is 470 g/mol. The summed E-state index contributed by atoms with van der Waals surface area (Å²) in [5.41, 5.74) is 0. The van der Waals surface area contributed by atoms with Crippen molar-refractivity contribution in [3.8, 4) is 0 Å². The molecule has 0 rings (SSSR count). The molecule has 0 N–H and O–H groups in total. The van der Waals surface area contributed by atoms with E-state index in [1.807, 2.05) is 0 Å². The predicted octanol–water partition coefficient (Wildman–Crippen LogP) is 5.39. The first-order valence-corrected chi connectivity index (χ1v) is 13.5. The summed E-state index contributed by atoms with van der Waals surface area (Å²) in [7, 11) is -3.60. The van der Waals surface area contributed by atoms with Gasteiger partial charge in [-0.25, -0.2) is 4.57 Å². The molecule has 0 saturated carbocycles. The summed E-state index contributed by atoms with van der Waals surface area (Å²) >= 11 is 0. The van der Waals surface area contributed by atoms with Crippen LogP contribution in [0.5, 0.6) is 0 Å². The van der Waals surface area contributed by atoms with E-state index in [9.17, 15) is 4.57 Å². The minimum absolute atomic E-state index is 0.126. The second-order valence-electron chi connectivity index (χ2n) is 7.10. The van der Waals surface area contributed by atoms with Crippen molar-refractivity contribution < 1.29 is 37.1 Å². The minimum atomic E-state index is -3.60. The molecule has 0 aliphatic carbocycles. The second kappa shape index (κ2) is 24.6. The van der Waals surface area contributed by atoms with Crippen LogP contribution in [0.4, 0.5) is 0 Å². The normalized spacial score (nSPS) is 12.0. The Morgan fingerprint density at radius 3 is 1.23 bits per heavy atom. The Morgan fingerprint density at radius 1 is 0.452 bits per heavy atom. The van der Waals surface area contributed by atoms with Crippen LogP contribution in [0.2, 0.25) is 0 Å². The molecule has 0 spiro atoms. The lowest BCUT2D eigenvalue weighted by molar-refractivity contribution is 0.0155. The Bertz CT molecular complexity index is 368. The van der Waals surface area contributed by atoms with Crippen molar-refractivity contribution in [2.24, 2.45) is 0 Å². The van der Waals surface area contributed by atoms with Gasteiger partial charge < -0.3 is 18.9 Å². The van der Waals surface area contributed by atoms with Gasteiger partial charge >= 0.3 is 7.82 Å². The van der Waals surface area contributed by atoms with Crippen molar-refractivity contribution >= 4 is 7.82 Å². The molecule has 9 heteroatoms. The second-order valence-corrected chi connectivity index (χ2v) is 8.77. The van der Waals surface area contributed by atoms with Crippen molar-refractivity contribution in [3.63, 3.8) is 0 Å². The van der Waals surface area contributed by atoms with Gasteiger partial charge in [-0.05, 0) is 19.8 Å². The third kappa shape index (κ3) is 22.9. The van der Waals surface area contributed by atoms with Gasteiger partial charge in [0.1, 0.15) is 0 Å². The first kappa shape index (κ1) is 30.9. The van der Waals surface area contributed by atoms with E-state index in [1.54, 1.807) is 6.92 Å². The molecule has 0 radical (unpaired) electrons. The molecule has 0 bridgehead atoms. The Kier molecular flexibility index (Phi) is 24.5. The zero-order chi connectivity index (χ0) is 22.9. The van der Waals surface area contributed by atoms with Crippen LogP contribution in [0.25, 0.3) is 0 Å². The molecule has 0 saturated heterocycles.